The Bertz CT molecular complexity index is 1160. The normalized spacial score (nSPS) is 18.1. The molecule has 0 radical (unpaired) electrons. The number of nitrogens with zero attached hydrogens (tertiary/aromatic N) is 3. The van der Waals surface area contributed by atoms with Gasteiger partial charge >= 0.3 is 6.18 Å². The van der Waals surface area contributed by atoms with E-state index in [1.54, 1.807) is 4.90 Å². The second kappa shape index (κ2) is 11.0. The van der Waals surface area contributed by atoms with Crippen LogP contribution in [0.1, 0.15) is 49.0 Å². The summed E-state index contributed by atoms with van der Waals surface area (Å²) in [6.45, 7) is 5.22. The van der Waals surface area contributed by atoms with E-state index in [-0.39, 0.29) is 43.7 Å². The van der Waals surface area contributed by atoms with Gasteiger partial charge in [-0.1, -0.05) is 44.5 Å². The third-order valence-corrected chi connectivity index (χ3v) is 7.58. The first-order chi connectivity index (χ1) is 18.0. The van der Waals surface area contributed by atoms with Crippen LogP contribution in [0.5, 0.6) is 0 Å². The highest BCUT2D eigenvalue weighted by molar-refractivity contribution is 5.97. The molecule has 1 spiro atoms. The Hall–Kier alpha value is -3.56. The molecule has 4 rings (SSSR count). The summed E-state index contributed by atoms with van der Waals surface area (Å²) < 4.78 is 39.5. The van der Waals surface area contributed by atoms with Crippen molar-refractivity contribution in [3.05, 3.63) is 65.7 Å². The number of hydrogen-bond donors (Lipinski definition) is 1. The Morgan fingerprint density at radius 2 is 1.74 bits per heavy atom. The fourth-order valence-electron chi connectivity index (χ4n) is 5.07. The first kappa shape index (κ1) is 27.5. The van der Waals surface area contributed by atoms with Gasteiger partial charge in [0, 0.05) is 30.9 Å². The molecule has 7 nitrogen and oxygen atoms in total. The van der Waals surface area contributed by atoms with Crippen molar-refractivity contribution in [1.29, 1.82) is 0 Å². The summed E-state index contributed by atoms with van der Waals surface area (Å²) in [7, 11) is 0. The molecule has 1 atom stereocenters. The highest BCUT2D eigenvalue weighted by atomic mass is 19.4. The number of para-hydroxylation sites is 1. The van der Waals surface area contributed by atoms with Crippen molar-refractivity contribution in [2.45, 2.75) is 44.8 Å². The van der Waals surface area contributed by atoms with E-state index >= 15 is 0 Å². The summed E-state index contributed by atoms with van der Waals surface area (Å²) in [5.74, 6) is -0.560. The summed E-state index contributed by atoms with van der Waals surface area (Å²) in [4.78, 5) is 44.5. The Balaban J connectivity index is 1.51. The molecule has 204 valence electrons. The molecule has 0 aromatic heterocycles. The van der Waals surface area contributed by atoms with Crippen LogP contribution in [-0.4, -0.2) is 65.9 Å². The van der Waals surface area contributed by atoms with Crippen molar-refractivity contribution in [1.82, 2.24) is 15.1 Å². The molecule has 0 aliphatic carbocycles. The highest BCUT2D eigenvalue weighted by Gasteiger charge is 2.54. The van der Waals surface area contributed by atoms with Gasteiger partial charge in [-0.3, -0.25) is 14.4 Å². The van der Waals surface area contributed by atoms with Crippen molar-refractivity contribution >= 4 is 23.4 Å². The highest BCUT2D eigenvalue weighted by Crippen LogP contribution is 2.40. The number of anilines is 1. The van der Waals surface area contributed by atoms with Crippen molar-refractivity contribution in [2.24, 2.45) is 5.92 Å². The molecule has 1 N–H and O–H groups in total. The van der Waals surface area contributed by atoms with Gasteiger partial charge in [-0.25, -0.2) is 0 Å². The zero-order valence-corrected chi connectivity index (χ0v) is 21.6. The number of hydrogen-bond acceptors (Lipinski definition) is 4. The second-order valence-corrected chi connectivity index (χ2v) is 10.1. The summed E-state index contributed by atoms with van der Waals surface area (Å²) in [5, 5.41) is 2.90. The van der Waals surface area contributed by atoms with Crippen LogP contribution in [0.3, 0.4) is 0 Å². The Labute approximate surface area is 220 Å². The van der Waals surface area contributed by atoms with Crippen molar-refractivity contribution < 1.29 is 27.6 Å². The lowest BCUT2D eigenvalue weighted by Crippen LogP contribution is -2.57. The van der Waals surface area contributed by atoms with Gasteiger partial charge in [0.15, 0.2) is 0 Å². The monoisotopic (exact) mass is 530 g/mol. The first-order valence-corrected chi connectivity index (χ1v) is 12.9. The molecule has 2 aliphatic rings. The van der Waals surface area contributed by atoms with Crippen molar-refractivity contribution in [3.8, 4) is 0 Å². The molecule has 2 saturated heterocycles. The molecular weight excluding hydrogens is 497 g/mol. The van der Waals surface area contributed by atoms with Crippen molar-refractivity contribution in [3.63, 3.8) is 0 Å². The number of carbonyl (C=O) groups excluding carboxylic acids is 3. The zero-order valence-electron chi connectivity index (χ0n) is 21.6. The molecule has 2 aromatic carbocycles. The zero-order chi connectivity index (χ0) is 27.5. The van der Waals surface area contributed by atoms with Crippen LogP contribution in [0.2, 0.25) is 0 Å². The van der Waals surface area contributed by atoms with Gasteiger partial charge in [0.1, 0.15) is 12.1 Å². The van der Waals surface area contributed by atoms with Crippen LogP contribution in [-0.2, 0) is 15.8 Å². The minimum absolute atomic E-state index is 0.0342. The van der Waals surface area contributed by atoms with E-state index in [2.05, 4.69) is 5.32 Å². The van der Waals surface area contributed by atoms with E-state index < -0.39 is 23.2 Å². The third-order valence-electron chi connectivity index (χ3n) is 7.58. The quantitative estimate of drug-likeness (QED) is 0.584. The van der Waals surface area contributed by atoms with Gasteiger partial charge in [0.2, 0.25) is 5.91 Å². The largest absolute Gasteiger partial charge is 0.416 e. The lowest BCUT2D eigenvalue weighted by molar-refractivity contribution is -0.137. The van der Waals surface area contributed by atoms with Crippen molar-refractivity contribution in [2.75, 3.05) is 37.7 Å². The maximum atomic E-state index is 13.8. The number of alkyl halides is 3. The van der Waals surface area contributed by atoms with Gasteiger partial charge in [0.25, 0.3) is 11.8 Å². The predicted octanol–water partition coefficient (Wildman–Crippen LogP) is 4.15. The van der Waals surface area contributed by atoms with Crippen LogP contribution < -0.4 is 10.2 Å². The molecule has 38 heavy (non-hydrogen) atoms. The summed E-state index contributed by atoms with van der Waals surface area (Å²) in [6, 6.07) is 13.8. The van der Waals surface area contributed by atoms with Crippen LogP contribution in [0.15, 0.2) is 54.6 Å². The van der Waals surface area contributed by atoms with Crippen LogP contribution in [0.25, 0.3) is 0 Å². The van der Waals surface area contributed by atoms with E-state index in [4.69, 9.17) is 0 Å². The van der Waals surface area contributed by atoms with Gasteiger partial charge < -0.3 is 20.0 Å². The first-order valence-electron chi connectivity index (χ1n) is 12.9. The third kappa shape index (κ3) is 5.63. The maximum Gasteiger partial charge on any atom is 0.416 e. The average Bonchev–Trinajstić information content (AvgIpc) is 3.17. The number of amides is 3. The Morgan fingerprint density at radius 1 is 1.05 bits per heavy atom. The minimum atomic E-state index is -4.54. The van der Waals surface area contributed by atoms with Gasteiger partial charge in [-0.2, -0.15) is 13.2 Å². The predicted molar refractivity (Wildman–Crippen MR) is 137 cm³/mol. The van der Waals surface area contributed by atoms with Crippen LogP contribution in [0, 0.1) is 5.92 Å². The van der Waals surface area contributed by atoms with E-state index in [0.717, 1.165) is 24.2 Å². The number of nitrogens with one attached hydrogen (secondary N) is 1. The minimum Gasteiger partial charge on any atom is -0.354 e. The maximum absolute atomic E-state index is 13.8. The summed E-state index contributed by atoms with van der Waals surface area (Å²) in [6.07, 6.45) is -3.00. The van der Waals surface area contributed by atoms with Gasteiger partial charge in [-0.15, -0.1) is 0 Å². The molecule has 10 heteroatoms. The smallest absolute Gasteiger partial charge is 0.354 e. The fourth-order valence-corrected chi connectivity index (χ4v) is 5.07. The van der Waals surface area contributed by atoms with E-state index in [9.17, 15) is 27.6 Å². The fraction of sp³-hybridized carbons (Fsp3) is 0.464. The molecule has 2 aliphatic heterocycles. The number of piperidine rings is 1. The molecule has 2 fully saturated rings. The van der Waals surface area contributed by atoms with E-state index in [1.165, 1.54) is 17.0 Å². The Morgan fingerprint density at radius 3 is 2.37 bits per heavy atom. The average molecular weight is 531 g/mol. The topological polar surface area (TPSA) is 73.0 Å². The molecule has 2 aromatic rings. The van der Waals surface area contributed by atoms with Gasteiger partial charge in [-0.05, 0) is 49.1 Å². The SMILES string of the molecule is CCC(C)CNC(=O)CN1CN(c2ccccc2)C2(CCN(C(=O)c3cccc(C(F)(F)F)c3)CC2)C1=O. The molecule has 0 saturated carbocycles. The molecular formula is C28H33F3N4O3. The lowest BCUT2D eigenvalue weighted by Gasteiger charge is -2.43. The standard InChI is InChI=1S/C28H33F3N4O3/c1-3-20(2)17-32-24(36)18-34-19-35(23-10-5-4-6-11-23)27(26(34)38)12-14-33(15-13-27)25(37)21-8-7-9-22(16-21)28(29,30)31/h4-11,16,20H,3,12-15,17-19H2,1-2H3,(H,32,36). The van der Waals surface area contributed by atoms with E-state index in [1.807, 2.05) is 49.1 Å². The van der Waals surface area contributed by atoms with E-state index in [0.29, 0.717) is 25.3 Å². The van der Waals surface area contributed by atoms with Gasteiger partial charge in [0.05, 0.1) is 12.2 Å². The number of likely N-dealkylation sites (tertiary alicyclic amines) is 1. The summed E-state index contributed by atoms with van der Waals surface area (Å²) in [5.41, 5.74) is -1.02. The van der Waals surface area contributed by atoms with Crippen LogP contribution >= 0.6 is 0 Å². The van der Waals surface area contributed by atoms with Crippen LogP contribution in [0.4, 0.5) is 18.9 Å². The number of benzene rings is 2. The number of halogens is 3. The molecule has 0 bridgehead atoms. The molecule has 2 heterocycles. The second-order valence-electron chi connectivity index (χ2n) is 10.1. The number of carbonyl (C=O) groups is 3. The summed E-state index contributed by atoms with van der Waals surface area (Å²) >= 11 is 0. The molecule has 3 amide bonds. The Kier molecular flexibility index (Phi) is 7.99. The lowest BCUT2D eigenvalue weighted by atomic mass is 9.85. The number of rotatable bonds is 7. The molecule has 1 unspecified atom stereocenters.